The van der Waals surface area contributed by atoms with Gasteiger partial charge in [0.1, 0.15) is 18.5 Å². The average Bonchev–Trinajstić information content (AvgIpc) is 2.41. The van der Waals surface area contributed by atoms with Crippen LogP contribution in [0.1, 0.15) is 12.8 Å². The highest BCUT2D eigenvalue weighted by atomic mass is 16.5. The maximum atomic E-state index is 8.64. The van der Waals surface area contributed by atoms with E-state index in [1.165, 1.54) is 0 Å². The lowest BCUT2D eigenvalue weighted by atomic mass is 10.1. The van der Waals surface area contributed by atoms with Crippen LogP contribution in [0, 0.1) is 0 Å². The monoisotopic (exact) mass is 252 g/mol. The second kappa shape index (κ2) is 6.56. The predicted molar refractivity (Wildman–Crippen MR) is 68.0 cm³/mol. The second-order valence-electron chi connectivity index (χ2n) is 4.52. The molecule has 2 rings (SSSR count). The van der Waals surface area contributed by atoms with Crippen molar-refractivity contribution >= 4 is 0 Å². The molecule has 1 saturated heterocycles. The predicted octanol–water partition coefficient (Wildman–Crippen LogP) is 0.926. The summed E-state index contributed by atoms with van der Waals surface area (Å²) in [7, 11) is 2.13. The van der Waals surface area contributed by atoms with E-state index in [9.17, 15) is 0 Å². The van der Waals surface area contributed by atoms with Crippen molar-refractivity contribution in [1.29, 1.82) is 0 Å². The minimum Gasteiger partial charge on any atom is -0.489 e. The van der Waals surface area contributed by atoms with E-state index >= 15 is 0 Å². The first kappa shape index (κ1) is 13.1. The number of aromatic nitrogens is 1. The van der Waals surface area contributed by atoms with E-state index < -0.39 is 0 Å². The van der Waals surface area contributed by atoms with Gasteiger partial charge >= 0.3 is 0 Å². The smallest absolute Gasteiger partial charge is 0.213 e. The Labute approximate surface area is 107 Å². The number of likely N-dealkylation sites (tertiary alicyclic amines) is 1. The van der Waals surface area contributed by atoms with Gasteiger partial charge in [-0.15, -0.1) is 0 Å². The molecule has 1 aromatic heterocycles. The molecule has 5 nitrogen and oxygen atoms in total. The van der Waals surface area contributed by atoms with Gasteiger partial charge in [-0.1, -0.05) is 0 Å². The highest BCUT2D eigenvalue weighted by Gasteiger charge is 2.17. The van der Waals surface area contributed by atoms with E-state index in [1.807, 2.05) is 6.07 Å². The van der Waals surface area contributed by atoms with Gasteiger partial charge in [0.25, 0.3) is 0 Å². The number of rotatable bonds is 5. The number of ether oxygens (including phenoxy) is 2. The molecule has 0 radical (unpaired) electrons. The zero-order valence-electron chi connectivity index (χ0n) is 10.7. The Hall–Kier alpha value is -1.33. The fraction of sp³-hybridized carbons (Fsp3) is 0.615. The topological polar surface area (TPSA) is 54.8 Å². The minimum atomic E-state index is -0.00444. The molecule has 0 saturated carbocycles. The van der Waals surface area contributed by atoms with Gasteiger partial charge in [0.15, 0.2) is 0 Å². The first-order valence-electron chi connectivity index (χ1n) is 6.33. The molecule has 0 amide bonds. The van der Waals surface area contributed by atoms with Gasteiger partial charge in [-0.25, -0.2) is 4.98 Å². The van der Waals surface area contributed by atoms with Crippen LogP contribution in [-0.2, 0) is 0 Å². The molecule has 0 aliphatic carbocycles. The molecule has 0 spiro atoms. The van der Waals surface area contributed by atoms with Crippen molar-refractivity contribution in [3.8, 4) is 11.6 Å². The number of hydrogen-bond donors (Lipinski definition) is 1. The molecule has 0 aromatic carbocycles. The first-order chi connectivity index (χ1) is 8.78. The van der Waals surface area contributed by atoms with E-state index in [-0.39, 0.29) is 19.3 Å². The van der Waals surface area contributed by atoms with Crippen LogP contribution in [0.5, 0.6) is 11.6 Å². The first-order valence-corrected chi connectivity index (χ1v) is 6.33. The summed E-state index contributed by atoms with van der Waals surface area (Å²) in [4.78, 5) is 6.44. The van der Waals surface area contributed by atoms with Gasteiger partial charge in [0.05, 0.1) is 12.8 Å². The fourth-order valence-corrected chi connectivity index (χ4v) is 1.97. The standard InChI is InChI=1S/C13H20N2O3/c1-15-6-4-11(5-7-15)18-12-2-3-13(14-10-12)17-9-8-16/h2-3,10-11,16H,4-9H2,1H3. The van der Waals surface area contributed by atoms with Gasteiger partial charge in [0.2, 0.25) is 5.88 Å². The molecule has 18 heavy (non-hydrogen) atoms. The molecule has 0 bridgehead atoms. The minimum absolute atomic E-state index is 0.00444. The molecule has 1 N–H and O–H groups in total. The van der Waals surface area contributed by atoms with Gasteiger partial charge in [-0.2, -0.15) is 0 Å². The van der Waals surface area contributed by atoms with Gasteiger partial charge in [0, 0.05) is 19.2 Å². The van der Waals surface area contributed by atoms with Crippen molar-refractivity contribution < 1.29 is 14.6 Å². The number of piperidine rings is 1. The third kappa shape index (κ3) is 3.85. The molecule has 2 heterocycles. The summed E-state index contributed by atoms with van der Waals surface area (Å²) in [5, 5.41) is 8.64. The summed E-state index contributed by atoms with van der Waals surface area (Å²) in [5.41, 5.74) is 0. The number of nitrogens with zero attached hydrogens (tertiary/aromatic N) is 2. The third-order valence-corrected chi connectivity index (χ3v) is 3.02. The lowest BCUT2D eigenvalue weighted by Crippen LogP contribution is -2.35. The summed E-state index contributed by atoms with van der Waals surface area (Å²) in [5.74, 6) is 1.29. The maximum absolute atomic E-state index is 8.64. The van der Waals surface area contributed by atoms with Crippen LogP contribution in [0.2, 0.25) is 0 Å². The zero-order chi connectivity index (χ0) is 12.8. The van der Waals surface area contributed by atoms with Crippen molar-refractivity contribution in [1.82, 2.24) is 9.88 Å². The largest absolute Gasteiger partial charge is 0.489 e. The molecule has 1 aromatic rings. The zero-order valence-corrected chi connectivity index (χ0v) is 10.7. The van der Waals surface area contributed by atoms with Crippen LogP contribution >= 0.6 is 0 Å². The molecular weight excluding hydrogens is 232 g/mol. The average molecular weight is 252 g/mol. The van der Waals surface area contributed by atoms with E-state index in [0.29, 0.717) is 5.88 Å². The fourth-order valence-electron chi connectivity index (χ4n) is 1.97. The Morgan fingerprint density at radius 3 is 2.78 bits per heavy atom. The molecule has 1 fully saturated rings. The van der Waals surface area contributed by atoms with Gasteiger partial charge in [-0.05, 0) is 26.0 Å². The molecule has 1 aliphatic rings. The van der Waals surface area contributed by atoms with E-state index in [2.05, 4.69) is 16.9 Å². The Bertz CT molecular complexity index is 348. The van der Waals surface area contributed by atoms with Crippen molar-refractivity contribution in [3.63, 3.8) is 0 Å². The van der Waals surface area contributed by atoms with Crippen molar-refractivity contribution in [2.24, 2.45) is 0 Å². The number of pyridine rings is 1. The Morgan fingerprint density at radius 1 is 1.39 bits per heavy atom. The number of hydrogen-bond acceptors (Lipinski definition) is 5. The third-order valence-electron chi connectivity index (χ3n) is 3.02. The van der Waals surface area contributed by atoms with Crippen molar-refractivity contribution in [2.75, 3.05) is 33.4 Å². The summed E-state index contributed by atoms with van der Waals surface area (Å²) < 4.78 is 11.1. The molecular formula is C13H20N2O3. The van der Waals surface area contributed by atoms with Crippen LogP contribution in [0.25, 0.3) is 0 Å². The van der Waals surface area contributed by atoms with Crippen LogP contribution < -0.4 is 9.47 Å². The van der Waals surface area contributed by atoms with E-state index in [4.69, 9.17) is 14.6 Å². The van der Waals surface area contributed by atoms with Gasteiger partial charge in [-0.3, -0.25) is 0 Å². The van der Waals surface area contributed by atoms with Crippen molar-refractivity contribution in [2.45, 2.75) is 18.9 Å². The lowest BCUT2D eigenvalue weighted by molar-refractivity contribution is 0.113. The normalized spacial score (nSPS) is 17.7. The Kier molecular flexibility index (Phi) is 4.78. The SMILES string of the molecule is CN1CCC(Oc2ccc(OCCO)nc2)CC1. The summed E-state index contributed by atoms with van der Waals surface area (Å²) in [6.45, 7) is 2.42. The summed E-state index contributed by atoms with van der Waals surface area (Å²) >= 11 is 0. The summed E-state index contributed by atoms with van der Waals surface area (Å²) in [6, 6.07) is 3.62. The number of aliphatic hydroxyl groups excluding tert-OH is 1. The highest BCUT2D eigenvalue weighted by Crippen LogP contribution is 2.19. The molecule has 0 unspecified atom stereocenters. The van der Waals surface area contributed by atoms with Crippen LogP contribution in [0.4, 0.5) is 0 Å². The molecule has 5 heteroatoms. The van der Waals surface area contributed by atoms with Crippen LogP contribution in [0.3, 0.4) is 0 Å². The second-order valence-corrected chi connectivity index (χ2v) is 4.52. The molecule has 1 aliphatic heterocycles. The Balaban J connectivity index is 1.82. The van der Waals surface area contributed by atoms with Crippen LogP contribution in [0.15, 0.2) is 18.3 Å². The van der Waals surface area contributed by atoms with E-state index in [1.54, 1.807) is 12.3 Å². The van der Waals surface area contributed by atoms with E-state index in [0.717, 1.165) is 31.7 Å². The maximum Gasteiger partial charge on any atom is 0.213 e. The Morgan fingerprint density at radius 2 is 2.17 bits per heavy atom. The highest BCUT2D eigenvalue weighted by molar-refractivity contribution is 5.23. The summed E-state index contributed by atoms with van der Waals surface area (Å²) in [6.07, 6.45) is 4.07. The lowest BCUT2D eigenvalue weighted by Gasteiger charge is -2.29. The molecule has 0 atom stereocenters. The van der Waals surface area contributed by atoms with Gasteiger partial charge < -0.3 is 19.5 Å². The van der Waals surface area contributed by atoms with Crippen LogP contribution in [-0.4, -0.2) is 54.4 Å². The quantitative estimate of drug-likeness (QED) is 0.844. The number of aliphatic hydroxyl groups is 1. The molecule has 100 valence electrons. The van der Waals surface area contributed by atoms with Crippen molar-refractivity contribution in [3.05, 3.63) is 18.3 Å².